The first kappa shape index (κ1) is 13.2. The van der Waals surface area contributed by atoms with E-state index >= 15 is 0 Å². The molecule has 0 amide bonds. The van der Waals surface area contributed by atoms with Gasteiger partial charge in [-0.3, -0.25) is 0 Å². The molecule has 0 aliphatic carbocycles. The van der Waals surface area contributed by atoms with Crippen LogP contribution in [0, 0.1) is 5.82 Å². The third kappa shape index (κ3) is 2.28. The molecule has 1 unspecified atom stereocenters. The Labute approximate surface area is 101 Å². The normalized spacial score (nSPS) is 12.4. The van der Waals surface area contributed by atoms with Gasteiger partial charge < -0.3 is 20.3 Å². The van der Waals surface area contributed by atoms with Gasteiger partial charge in [-0.25, -0.2) is 4.39 Å². The highest BCUT2D eigenvalue weighted by Gasteiger charge is 2.21. The summed E-state index contributed by atoms with van der Waals surface area (Å²) < 4.78 is 23.9. The van der Waals surface area contributed by atoms with Gasteiger partial charge in [0.25, 0.3) is 0 Å². The van der Waals surface area contributed by atoms with Crippen LogP contribution < -0.4 is 15.2 Å². The predicted octanol–water partition coefficient (Wildman–Crippen LogP) is 1.60. The van der Waals surface area contributed by atoms with E-state index in [-0.39, 0.29) is 12.4 Å². The van der Waals surface area contributed by atoms with Crippen molar-refractivity contribution < 1.29 is 19.0 Å². The van der Waals surface area contributed by atoms with Gasteiger partial charge in [0.1, 0.15) is 10.2 Å². The van der Waals surface area contributed by atoms with E-state index in [1.54, 1.807) is 0 Å². The zero-order valence-corrected chi connectivity index (χ0v) is 10.5. The molecular formula is C10H13BrFNO3. The predicted molar refractivity (Wildman–Crippen MR) is 61.2 cm³/mol. The van der Waals surface area contributed by atoms with Crippen molar-refractivity contribution >= 4 is 15.9 Å². The Morgan fingerprint density at radius 1 is 1.44 bits per heavy atom. The molecule has 1 rings (SSSR count). The van der Waals surface area contributed by atoms with Crippen LogP contribution in [-0.4, -0.2) is 25.9 Å². The Balaban J connectivity index is 3.40. The lowest BCUT2D eigenvalue weighted by Gasteiger charge is -2.17. The third-order valence-corrected chi connectivity index (χ3v) is 2.88. The maximum absolute atomic E-state index is 13.6. The Hall–Kier alpha value is -0.850. The summed E-state index contributed by atoms with van der Waals surface area (Å²) in [5.74, 6) is -0.153. The van der Waals surface area contributed by atoms with Crippen molar-refractivity contribution in [1.29, 1.82) is 0 Å². The lowest BCUT2D eigenvalue weighted by molar-refractivity contribution is 0.263. The first-order valence-corrected chi connectivity index (χ1v) is 5.32. The lowest BCUT2D eigenvalue weighted by Crippen LogP contribution is -2.16. The minimum absolute atomic E-state index is 0.0470. The van der Waals surface area contributed by atoms with Crippen molar-refractivity contribution in [3.05, 3.63) is 21.9 Å². The second-order valence-corrected chi connectivity index (χ2v) is 3.91. The Bertz CT molecular complexity index is 387. The summed E-state index contributed by atoms with van der Waals surface area (Å²) in [6.45, 7) is -0.297. The molecule has 90 valence electrons. The molecule has 0 aliphatic rings. The van der Waals surface area contributed by atoms with Gasteiger partial charge in [-0.1, -0.05) is 0 Å². The van der Waals surface area contributed by atoms with Crippen LogP contribution in [0.4, 0.5) is 4.39 Å². The number of rotatable bonds is 4. The number of hydrogen-bond donors (Lipinski definition) is 2. The fraction of sp³-hybridized carbons (Fsp3) is 0.400. The Morgan fingerprint density at radius 3 is 2.44 bits per heavy atom. The summed E-state index contributed by atoms with van der Waals surface area (Å²) in [6, 6.07) is 0.496. The summed E-state index contributed by atoms with van der Waals surface area (Å²) in [5, 5.41) is 8.97. The molecule has 1 atom stereocenters. The van der Waals surface area contributed by atoms with Crippen LogP contribution in [0.2, 0.25) is 0 Å². The number of hydrogen-bond acceptors (Lipinski definition) is 4. The van der Waals surface area contributed by atoms with E-state index < -0.39 is 11.9 Å². The molecule has 16 heavy (non-hydrogen) atoms. The molecule has 0 aliphatic heterocycles. The fourth-order valence-electron chi connectivity index (χ4n) is 1.37. The maximum Gasteiger partial charge on any atom is 0.172 e. The first-order valence-electron chi connectivity index (χ1n) is 4.53. The fourth-order valence-corrected chi connectivity index (χ4v) is 2.11. The number of aliphatic hydroxyl groups excluding tert-OH is 1. The number of ether oxygens (including phenoxy) is 2. The standard InChI is InChI=1S/C10H13BrFNO3/c1-15-9-5(7(13)4-14)3-6(12)10(16-2)8(9)11/h3,7,14H,4,13H2,1-2H3. The average molecular weight is 294 g/mol. The van der Waals surface area contributed by atoms with Crippen molar-refractivity contribution in [2.75, 3.05) is 20.8 Å². The van der Waals surface area contributed by atoms with Gasteiger partial charge >= 0.3 is 0 Å². The van der Waals surface area contributed by atoms with Crippen LogP contribution in [-0.2, 0) is 0 Å². The monoisotopic (exact) mass is 293 g/mol. The summed E-state index contributed by atoms with van der Waals surface area (Å²) in [6.07, 6.45) is 0. The van der Waals surface area contributed by atoms with Crippen LogP contribution in [0.3, 0.4) is 0 Å². The van der Waals surface area contributed by atoms with Gasteiger partial charge in [0.15, 0.2) is 11.6 Å². The molecule has 1 aromatic carbocycles. The van der Waals surface area contributed by atoms with Crippen LogP contribution in [0.1, 0.15) is 11.6 Å². The highest BCUT2D eigenvalue weighted by molar-refractivity contribution is 9.10. The molecule has 4 nitrogen and oxygen atoms in total. The van der Waals surface area contributed by atoms with E-state index in [2.05, 4.69) is 15.9 Å². The summed E-state index contributed by atoms with van der Waals surface area (Å²) >= 11 is 3.17. The van der Waals surface area contributed by atoms with E-state index in [9.17, 15) is 4.39 Å². The molecule has 6 heteroatoms. The highest BCUT2D eigenvalue weighted by atomic mass is 79.9. The topological polar surface area (TPSA) is 64.7 Å². The zero-order chi connectivity index (χ0) is 12.3. The Kier molecular flexibility index (Phi) is 4.52. The largest absolute Gasteiger partial charge is 0.495 e. The van der Waals surface area contributed by atoms with Crippen molar-refractivity contribution in [3.63, 3.8) is 0 Å². The third-order valence-electron chi connectivity index (χ3n) is 2.16. The summed E-state index contributed by atoms with van der Waals surface area (Å²) in [7, 11) is 2.79. The second kappa shape index (κ2) is 5.47. The van der Waals surface area contributed by atoms with Gasteiger partial charge in [0, 0.05) is 5.56 Å². The lowest BCUT2D eigenvalue weighted by atomic mass is 10.1. The van der Waals surface area contributed by atoms with Gasteiger partial charge in [-0.05, 0) is 22.0 Å². The van der Waals surface area contributed by atoms with E-state index in [1.807, 2.05) is 0 Å². The molecule has 0 radical (unpaired) electrons. The molecule has 1 aromatic rings. The molecule has 0 saturated carbocycles. The van der Waals surface area contributed by atoms with Crippen molar-refractivity contribution in [2.45, 2.75) is 6.04 Å². The van der Waals surface area contributed by atoms with E-state index in [0.29, 0.717) is 15.8 Å². The summed E-state index contributed by atoms with van der Waals surface area (Å²) in [5.41, 5.74) is 6.03. The van der Waals surface area contributed by atoms with Crippen LogP contribution in [0.25, 0.3) is 0 Å². The molecule has 0 spiro atoms. The van der Waals surface area contributed by atoms with E-state index in [4.69, 9.17) is 20.3 Å². The summed E-state index contributed by atoms with van der Waals surface area (Å²) in [4.78, 5) is 0. The molecule has 0 bridgehead atoms. The minimum atomic E-state index is -0.702. The maximum atomic E-state index is 13.6. The molecule has 0 aromatic heterocycles. The van der Waals surface area contributed by atoms with E-state index in [1.165, 1.54) is 20.3 Å². The Morgan fingerprint density at radius 2 is 2.00 bits per heavy atom. The van der Waals surface area contributed by atoms with Crippen LogP contribution in [0.15, 0.2) is 10.5 Å². The zero-order valence-electron chi connectivity index (χ0n) is 8.96. The van der Waals surface area contributed by atoms with Gasteiger partial charge in [0.05, 0.1) is 26.9 Å². The molecule has 0 saturated heterocycles. The molecule has 0 heterocycles. The quantitative estimate of drug-likeness (QED) is 0.885. The van der Waals surface area contributed by atoms with Crippen molar-refractivity contribution in [2.24, 2.45) is 5.73 Å². The average Bonchev–Trinajstić information content (AvgIpc) is 2.28. The second-order valence-electron chi connectivity index (χ2n) is 3.12. The van der Waals surface area contributed by atoms with Crippen molar-refractivity contribution in [3.8, 4) is 11.5 Å². The van der Waals surface area contributed by atoms with Crippen molar-refractivity contribution in [1.82, 2.24) is 0 Å². The number of aliphatic hydroxyl groups is 1. The number of halogens is 2. The van der Waals surface area contributed by atoms with Crippen LogP contribution in [0.5, 0.6) is 11.5 Å². The number of methoxy groups -OCH3 is 2. The van der Waals surface area contributed by atoms with E-state index in [0.717, 1.165) is 0 Å². The number of nitrogens with two attached hydrogens (primary N) is 1. The smallest absolute Gasteiger partial charge is 0.172 e. The molecule has 3 N–H and O–H groups in total. The SMILES string of the molecule is COc1c(F)cc(C(N)CO)c(OC)c1Br. The van der Waals surface area contributed by atoms with Gasteiger partial charge in [0.2, 0.25) is 0 Å². The first-order chi connectivity index (χ1) is 7.56. The highest BCUT2D eigenvalue weighted by Crippen LogP contribution is 2.41. The molecule has 0 fully saturated rings. The van der Waals surface area contributed by atoms with Gasteiger partial charge in [-0.15, -0.1) is 0 Å². The van der Waals surface area contributed by atoms with Gasteiger partial charge in [-0.2, -0.15) is 0 Å². The van der Waals surface area contributed by atoms with Crippen LogP contribution >= 0.6 is 15.9 Å². The molecular weight excluding hydrogens is 281 g/mol. The minimum Gasteiger partial charge on any atom is -0.495 e. The number of benzene rings is 1.